The van der Waals surface area contributed by atoms with Crippen molar-refractivity contribution < 1.29 is 19.0 Å². The second-order valence-corrected chi connectivity index (χ2v) is 9.11. The summed E-state index contributed by atoms with van der Waals surface area (Å²) >= 11 is 3.51. The molecule has 2 aromatic carbocycles. The average molecular weight is 488 g/mol. The number of nitrogens with zero attached hydrogens (tertiary/aromatic N) is 1. The lowest BCUT2D eigenvalue weighted by atomic mass is 9.72. The molecule has 0 unspecified atom stereocenters. The highest BCUT2D eigenvalue weighted by molar-refractivity contribution is 9.10. The maximum atomic E-state index is 13.8. The summed E-state index contributed by atoms with van der Waals surface area (Å²) in [6.07, 6.45) is 3.18. The highest BCUT2D eigenvalue weighted by atomic mass is 79.9. The van der Waals surface area contributed by atoms with Gasteiger partial charge < -0.3 is 19.1 Å². The monoisotopic (exact) mass is 487 g/mol. The minimum absolute atomic E-state index is 0.0870. The molecule has 166 valence electrons. The van der Waals surface area contributed by atoms with E-state index in [9.17, 15) is 4.79 Å². The van der Waals surface area contributed by atoms with Crippen LogP contribution in [0.3, 0.4) is 0 Å². The molecule has 0 N–H and O–H groups in total. The number of amides is 1. The van der Waals surface area contributed by atoms with Crippen molar-refractivity contribution in [1.82, 2.24) is 4.90 Å². The SMILES string of the molecule is CCOc1ccccc1OC1CCN(C(=O)C2(c3ccc(Br)cc3)CCOCC2)CC1. The smallest absolute Gasteiger partial charge is 0.233 e. The van der Waals surface area contributed by atoms with Crippen molar-refractivity contribution in [3.05, 3.63) is 58.6 Å². The fourth-order valence-corrected chi connectivity index (χ4v) is 4.86. The first kappa shape index (κ1) is 22.2. The van der Waals surface area contributed by atoms with Crippen molar-refractivity contribution in [3.63, 3.8) is 0 Å². The molecule has 2 aliphatic heterocycles. The average Bonchev–Trinajstić information content (AvgIpc) is 2.81. The second-order valence-electron chi connectivity index (χ2n) is 8.19. The van der Waals surface area contributed by atoms with Crippen LogP contribution < -0.4 is 9.47 Å². The van der Waals surface area contributed by atoms with E-state index in [1.165, 1.54) is 0 Å². The summed E-state index contributed by atoms with van der Waals surface area (Å²) < 4.78 is 18.6. The van der Waals surface area contributed by atoms with Crippen molar-refractivity contribution in [2.24, 2.45) is 0 Å². The lowest BCUT2D eigenvalue weighted by Crippen LogP contribution is -2.53. The normalized spacial score (nSPS) is 19.1. The molecule has 0 spiro atoms. The molecule has 0 aliphatic carbocycles. The number of rotatable bonds is 6. The number of benzene rings is 2. The lowest BCUT2D eigenvalue weighted by molar-refractivity contribution is -0.143. The van der Waals surface area contributed by atoms with Crippen LogP contribution in [-0.4, -0.2) is 49.8 Å². The quantitative estimate of drug-likeness (QED) is 0.577. The zero-order chi connectivity index (χ0) is 21.7. The van der Waals surface area contributed by atoms with Crippen LogP contribution in [0.15, 0.2) is 53.0 Å². The maximum absolute atomic E-state index is 13.8. The molecule has 0 bridgehead atoms. The van der Waals surface area contributed by atoms with Crippen LogP contribution in [0, 0.1) is 0 Å². The first-order valence-electron chi connectivity index (χ1n) is 11.1. The highest BCUT2D eigenvalue weighted by Gasteiger charge is 2.44. The van der Waals surface area contributed by atoms with E-state index in [0.29, 0.717) is 32.9 Å². The van der Waals surface area contributed by atoms with Crippen LogP contribution in [0.1, 0.15) is 38.2 Å². The predicted molar refractivity (Wildman–Crippen MR) is 124 cm³/mol. The molecule has 4 rings (SSSR count). The zero-order valence-electron chi connectivity index (χ0n) is 18.0. The van der Waals surface area contributed by atoms with Gasteiger partial charge in [0.1, 0.15) is 6.10 Å². The molecule has 2 saturated heterocycles. The van der Waals surface area contributed by atoms with Crippen LogP contribution in [0.4, 0.5) is 0 Å². The fraction of sp³-hybridized carbons (Fsp3) is 0.480. The van der Waals surface area contributed by atoms with Gasteiger partial charge in [-0.25, -0.2) is 0 Å². The van der Waals surface area contributed by atoms with Gasteiger partial charge in [0, 0.05) is 43.6 Å². The zero-order valence-corrected chi connectivity index (χ0v) is 19.6. The number of halogens is 1. The molecule has 6 heteroatoms. The summed E-state index contributed by atoms with van der Waals surface area (Å²) in [5.74, 6) is 1.79. The summed E-state index contributed by atoms with van der Waals surface area (Å²) in [6.45, 7) is 5.23. The molecule has 2 aliphatic rings. The summed E-state index contributed by atoms with van der Waals surface area (Å²) in [5.41, 5.74) is 0.599. The van der Waals surface area contributed by atoms with E-state index in [1.54, 1.807) is 0 Å². The van der Waals surface area contributed by atoms with Crippen LogP contribution in [0.2, 0.25) is 0 Å². The minimum Gasteiger partial charge on any atom is -0.490 e. The minimum atomic E-state index is -0.492. The van der Waals surface area contributed by atoms with Crippen molar-refractivity contribution in [2.45, 2.75) is 44.1 Å². The predicted octanol–water partition coefficient (Wildman–Crippen LogP) is 4.97. The number of piperidine rings is 1. The fourth-order valence-electron chi connectivity index (χ4n) is 4.60. The Morgan fingerprint density at radius 2 is 1.71 bits per heavy atom. The number of ether oxygens (including phenoxy) is 3. The third kappa shape index (κ3) is 4.90. The standard InChI is InChI=1S/C25H30BrNO4/c1-2-30-22-5-3-4-6-23(22)31-21-11-15-27(16-12-21)24(28)25(13-17-29-18-14-25)19-7-9-20(26)10-8-19/h3-10,21H,2,11-18H2,1H3. The first-order chi connectivity index (χ1) is 15.1. The Kier molecular flexibility index (Phi) is 7.18. The van der Waals surface area contributed by atoms with Gasteiger partial charge in [0.2, 0.25) is 5.91 Å². The molecule has 2 heterocycles. The Balaban J connectivity index is 1.44. The molecule has 0 saturated carbocycles. The molecule has 2 aromatic rings. The molecule has 0 atom stereocenters. The van der Waals surface area contributed by atoms with Crippen LogP contribution in [0.25, 0.3) is 0 Å². The Hall–Kier alpha value is -2.05. The van der Waals surface area contributed by atoms with Crippen LogP contribution >= 0.6 is 15.9 Å². The highest BCUT2D eigenvalue weighted by Crippen LogP contribution is 2.38. The van der Waals surface area contributed by atoms with E-state index in [1.807, 2.05) is 48.2 Å². The van der Waals surface area contributed by atoms with Gasteiger partial charge in [-0.05, 0) is 49.6 Å². The maximum Gasteiger partial charge on any atom is 0.233 e. The Morgan fingerprint density at radius 3 is 2.35 bits per heavy atom. The first-order valence-corrected chi connectivity index (χ1v) is 11.9. The molecule has 0 radical (unpaired) electrons. The van der Waals surface area contributed by atoms with Crippen LogP contribution in [-0.2, 0) is 14.9 Å². The van der Waals surface area contributed by atoms with Gasteiger partial charge in [-0.2, -0.15) is 0 Å². The van der Waals surface area contributed by atoms with Gasteiger partial charge in [0.05, 0.1) is 12.0 Å². The van der Waals surface area contributed by atoms with Gasteiger partial charge >= 0.3 is 0 Å². The number of carbonyl (C=O) groups is 1. The van der Waals surface area contributed by atoms with E-state index in [4.69, 9.17) is 14.2 Å². The van der Waals surface area contributed by atoms with Crippen molar-refractivity contribution >= 4 is 21.8 Å². The van der Waals surface area contributed by atoms with Crippen molar-refractivity contribution in [1.29, 1.82) is 0 Å². The number of likely N-dealkylation sites (tertiary alicyclic amines) is 1. The van der Waals surface area contributed by atoms with Crippen LogP contribution in [0.5, 0.6) is 11.5 Å². The Labute approximate surface area is 192 Å². The summed E-state index contributed by atoms with van der Waals surface area (Å²) in [6, 6.07) is 16.0. The lowest BCUT2D eigenvalue weighted by Gasteiger charge is -2.42. The molecule has 1 amide bonds. The van der Waals surface area contributed by atoms with E-state index < -0.39 is 5.41 Å². The number of hydrogen-bond acceptors (Lipinski definition) is 4. The largest absolute Gasteiger partial charge is 0.490 e. The third-order valence-corrected chi connectivity index (χ3v) is 6.85. The van der Waals surface area contributed by atoms with Gasteiger partial charge in [0.25, 0.3) is 0 Å². The summed E-state index contributed by atoms with van der Waals surface area (Å²) in [7, 11) is 0. The molecular formula is C25H30BrNO4. The van der Waals surface area contributed by atoms with Gasteiger partial charge in [-0.15, -0.1) is 0 Å². The van der Waals surface area contributed by atoms with E-state index in [-0.39, 0.29) is 12.0 Å². The topological polar surface area (TPSA) is 48.0 Å². The third-order valence-electron chi connectivity index (χ3n) is 6.32. The molecule has 0 aromatic heterocycles. The van der Waals surface area contributed by atoms with Crippen molar-refractivity contribution in [3.8, 4) is 11.5 Å². The van der Waals surface area contributed by atoms with E-state index in [0.717, 1.165) is 47.2 Å². The molecule has 5 nitrogen and oxygen atoms in total. The van der Waals surface area contributed by atoms with Gasteiger partial charge in [-0.3, -0.25) is 4.79 Å². The van der Waals surface area contributed by atoms with E-state index in [2.05, 4.69) is 28.1 Å². The Morgan fingerprint density at radius 1 is 1.06 bits per heavy atom. The molecular weight excluding hydrogens is 458 g/mol. The number of hydrogen-bond donors (Lipinski definition) is 0. The molecule has 31 heavy (non-hydrogen) atoms. The summed E-state index contributed by atoms with van der Waals surface area (Å²) in [5, 5.41) is 0. The number of carbonyl (C=O) groups excluding carboxylic acids is 1. The summed E-state index contributed by atoms with van der Waals surface area (Å²) in [4.78, 5) is 15.8. The second kappa shape index (κ2) is 10.0. The van der Waals surface area contributed by atoms with Crippen molar-refractivity contribution in [2.75, 3.05) is 32.9 Å². The molecule has 2 fully saturated rings. The van der Waals surface area contributed by atoms with Gasteiger partial charge in [-0.1, -0.05) is 40.2 Å². The van der Waals surface area contributed by atoms with Gasteiger partial charge in [0.15, 0.2) is 11.5 Å². The van der Waals surface area contributed by atoms with E-state index >= 15 is 0 Å². The number of para-hydroxylation sites is 2. The Bertz CT molecular complexity index is 871.